The Morgan fingerprint density at radius 2 is 1.74 bits per heavy atom. The minimum absolute atomic E-state index is 0.211. The zero-order chi connectivity index (χ0) is 27.8. The maximum atomic E-state index is 12.8. The fourth-order valence-electron chi connectivity index (χ4n) is 4.14. The minimum Gasteiger partial charge on any atom is -0.497 e. The van der Waals surface area contributed by atoms with Crippen molar-refractivity contribution in [1.82, 2.24) is 10.3 Å². The highest BCUT2D eigenvalue weighted by molar-refractivity contribution is 7.14. The van der Waals surface area contributed by atoms with Crippen LogP contribution < -0.4 is 19.7 Å². The second kappa shape index (κ2) is 12.9. The molecule has 3 aromatic carbocycles. The van der Waals surface area contributed by atoms with Gasteiger partial charge in [0.1, 0.15) is 17.5 Å². The fraction of sp³-hybridized carbons (Fsp3) is 0.233. The van der Waals surface area contributed by atoms with Gasteiger partial charge in [0.25, 0.3) is 5.91 Å². The van der Waals surface area contributed by atoms with E-state index in [4.69, 9.17) is 14.5 Å². The molecular formula is C30H31N3O5S. The topological polar surface area (TPSA) is 101 Å². The predicted octanol–water partition coefficient (Wildman–Crippen LogP) is 5.28. The third kappa shape index (κ3) is 6.94. The van der Waals surface area contributed by atoms with Crippen molar-refractivity contribution in [1.29, 1.82) is 0 Å². The van der Waals surface area contributed by atoms with Crippen molar-refractivity contribution in [2.24, 2.45) is 0 Å². The van der Waals surface area contributed by atoms with Gasteiger partial charge in [-0.05, 0) is 48.4 Å². The van der Waals surface area contributed by atoms with Crippen LogP contribution in [0.2, 0.25) is 0 Å². The molecule has 2 N–H and O–H groups in total. The average molecular weight is 546 g/mol. The SMILES string of the molecule is CCN(Cc1ccc(C(=O)NC(Cc2ccccc2)C(=O)O)cc1)c1nc(-c2cc(OC)ccc2OC)cs1. The molecule has 4 aromatic rings. The summed E-state index contributed by atoms with van der Waals surface area (Å²) in [4.78, 5) is 31.5. The van der Waals surface area contributed by atoms with E-state index in [9.17, 15) is 14.7 Å². The third-order valence-electron chi connectivity index (χ3n) is 6.30. The number of carbonyl (C=O) groups excluding carboxylic acids is 1. The van der Waals surface area contributed by atoms with Crippen LogP contribution in [0.4, 0.5) is 5.13 Å². The van der Waals surface area contributed by atoms with Crippen LogP contribution in [-0.4, -0.2) is 48.8 Å². The van der Waals surface area contributed by atoms with Gasteiger partial charge in [0.15, 0.2) is 5.13 Å². The molecule has 8 nitrogen and oxygen atoms in total. The highest BCUT2D eigenvalue weighted by atomic mass is 32.1. The number of hydrogen-bond acceptors (Lipinski definition) is 7. The number of rotatable bonds is 12. The Morgan fingerprint density at radius 3 is 2.38 bits per heavy atom. The smallest absolute Gasteiger partial charge is 0.326 e. The molecule has 0 aliphatic heterocycles. The highest BCUT2D eigenvalue weighted by Gasteiger charge is 2.21. The molecule has 1 unspecified atom stereocenters. The largest absolute Gasteiger partial charge is 0.497 e. The summed E-state index contributed by atoms with van der Waals surface area (Å²) in [5.41, 5.74) is 3.92. The van der Waals surface area contributed by atoms with Gasteiger partial charge in [-0.15, -0.1) is 11.3 Å². The van der Waals surface area contributed by atoms with Crippen molar-refractivity contribution < 1.29 is 24.2 Å². The van der Waals surface area contributed by atoms with Crippen molar-refractivity contribution in [2.75, 3.05) is 25.7 Å². The molecule has 0 fully saturated rings. The zero-order valence-electron chi connectivity index (χ0n) is 22.1. The second-order valence-corrected chi connectivity index (χ2v) is 9.68. The Labute approximate surface area is 231 Å². The first kappa shape index (κ1) is 27.7. The van der Waals surface area contributed by atoms with Crippen LogP contribution in [0.3, 0.4) is 0 Å². The molecule has 1 amide bonds. The number of nitrogens with zero attached hydrogens (tertiary/aromatic N) is 2. The number of methoxy groups -OCH3 is 2. The first-order valence-corrected chi connectivity index (χ1v) is 13.4. The maximum absolute atomic E-state index is 12.8. The lowest BCUT2D eigenvalue weighted by Crippen LogP contribution is -2.42. The molecule has 0 spiro atoms. The Morgan fingerprint density at radius 1 is 1.00 bits per heavy atom. The first-order valence-electron chi connectivity index (χ1n) is 12.5. The zero-order valence-corrected chi connectivity index (χ0v) is 22.9. The van der Waals surface area contributed by atoms with Gasteiger partial charge in [-0.1, -0.05) is 42.5 Å². The van der Waals surface area contributed by atoms with Crippen LogP contribution in [0.1, 0.15) is 28.4 Å². The van der Waals surface area contributed by atoms with E-state index in [1.165, 1.54) is 0 Å². The molecule has 0 aliphatic rings. The van der Waals surface area contributed by atoms with Gasteiger partial charge < -0.3 is 24.8 Å². The van der Waals surface area contributed by atoms with E-state index >= 15 is 0 Å². The van der Waals surface area contributed by atoms with E-state index in [1.54, 1.807) is 37.7 Å². The fourth-order valence-corrected chi connectivity index (χ4v) is 5.03. The molecule has 0 saturated carbocycles. The Balaban J connectivity index is 1.43. The first-order chi connectivity index (χ1) is 18.9. The quantitative estimate of drug-likeness (QED) is 0.250. The number of carboxylic acid groups (broad SMARTS) is 1. The molecule has 202 valence electrons. The maximum Gasteiger partial charge on any atom is 0.326 e. The predicted molar refractivity (Wildman–Crippen MR) is 153 cm³/mol. The van der Waals surface area contributed by atoms with E-state index in [1.807, 2.05) is 66.0 Å². The van der Waals surface area contributed by atoms with Gasteiger partial charge in [-0.25, -0.2) is 9.78 Å². The Bertz CT molecular complexity index is 1410. The van der Waals surface area contributed by atoms with E-state index in [2.05, 4.69) is 17.1 Å². The lowest BCUT2D eigenvalue weighted by atomic mass is 10.1. The molecule has 0 saturated heterocycles. The third-order valence-corrected chi connectivity index (χ3v) is 7.20. The number of thiazole rings is 1. The Kier molecular flexibility index (Phi) is 9.17. The van der Waals surface area contributed by atoms with E-state index in [0.29, 0.717) is 12.1 Å². The molecular weight excluding hydrogens is 514 g/mol. The summed E-state index contributed by atoms with van der Waals surface area (Å²) in [5, 5.41) is 15.1. The number of nitrogens with one attached hydrogen (secondary N) is 1. The van der Waals surface area contributed by atoms with Crippen LogP contribution in [0.25, 0.3) is 11.3 Å². The molecule has 1 atom stereocenters. The number of aliphatic carboxylic acids is 1. The summed E-state index contributed by atoms with van der Waals surface area (Å²) in [7, 11) is 3.26. The molecule has 1 heterocycles. The number of hydrogen-bond donors (Lipinski definition) is 2. The average Bonchev–Trinajstić information content (AvgIpc) is 3.46. The lowest BCUT2D eigenvalue weighted by Gasteiger charge is -2.20. The molecule has 0 radical (unpaired) electrons. The van der Waals surface area contributed by atoms with Crippen LogP contribution >= 0.6 is 11.3 Å². The molecule has 4 rings (SSSR count). The lowest BCUT2D eigenvalue weighted by molar-refractivity contribution is -0.139. The van der Waals surface area contributed by atoms with Crippen LogP contribution in [0.15, 0.2) is 78.2 Å². The number of anilines is 1. The van der Waals surface area contributed by atoms with E-state index < -0.39 is 17.9 Å². The van der Waals surface area contributed by atoms with Gasteiger partial charge in [-0.2, -0.15) is 0 Å². The van der Waals surface area contributed by atoms with Crippen LogP contribution in [0, 0.1) is 0 Å². The van der Waals surface area contributed by atoms with Gasteiger partial charge in [0.2, 0.25) is 0 Å². The summed E-state index contributed by atoms with van der Waals surface area (Å²) in [6.07, 6.45) is 0.211. The minimum atomic E-state index is -1.07. The van der Waals surface area contributed by atoms with Crippen molar-refractivity contribution >= 4 is 28.3 Å². The second-order valence-electron chi connectivity index (χ2n) is 8.85. The van der Waals surface area contributed by atoms with Crippen molar-refractivity contribution in [2.45, 2.75) is 25.9 Å². The molecule has 0 aliphatic carbocycles. The Hall–Kier alpha value is -4.37. The summed E-state index contributed by atoms with van der Waals surface area (Å²) in [6, 6.07) is 21.0. The van der Waals surface area contributed by atoms with Gasteiger partial charge in [0, 0.05) is 36.0 Å². The summed E-state index contributed by atoms with van der Waals surface area (Å²) in [5.74, 6) is -0.0455. The number of amides is 1. The molecule has 1 aromatic heterocycles. The van der Waals surface area contributed by atoms with Crippen LogP contribution in [-0.2, 0) is 17.8 Å². The van der Waals surface area contributed by atoms with Crippen LogP contribution in [0.5, 0.6) is 11.5 Å². The van der Waals surface area contributed by atoms with Crippen molar-refractivity contribution in [3.8, 4) is 22.8 Å². The number of benzene rings is 3. The monoisotopic (exact) mass is 545 g/mol. The number of carbonyl (C=O) groups is 2. The van der Waals surface area contributed by atoms with Gasteiger partial charge in [0.05, 0.1) is 19.9 Å². The molecule has 9 heteroatoms. The molecule has 0 bridgehead atoms. The summed E-state index contributed by atoms with van der Waals surface area (Å²) < 4.78 is 10.9. The number of carboxylic acids is 1. The normalized spacial score (nSPS) is 11.5. The van der Waals surface area contributed by atoms with Crippen molar-refractivity contribution in [3.05, 3.63) is 94.9 Å². The van der Waals surface area contributed by atoms with E-state index in [0.717, 1.165) is 45.6 Å². The summed E-state index contributed by atoms with van der Waals surface area (Å²) in [6.45, 7) is 3.41. The van der Waals surface area contributed by atoms with Gasteiger partial charge >= 0.3 is 5.97 Å². The van der Waals surface area contributed by atoms with E-state index in [-0.39, 0.29) is 6.42 Å². The summed E-state index contributed by atoms with van der Waals surface area (Å²) >= 11 is 1.55. The van der Waals surface area contributed by atoms with Crippen molar-refractivity contribution in [3.63, 3.8) is 0 Å². The standard InChI is InChI=1S/C30H31N3O5S/c1-4-33(30-32-26(19-39-30)24-17-23(37-2)14-15-27(24)38-3)18-21-10-12-22(13-11-21)28(34)31-25(29(35)36)16-20-8-6-5-7-9-20/h5-15,17,19,25H,4,16,18H2,1-3H3,(H,31,34)(H,35,36). The van der Waals surface area contributed by atoms with Gasteiger partial charge in [-0.3, -0.25) is 4.79 Å². The molecule has 39 heavy (non-hydrogen) atoms. The number of aromatic nitrogens is 1. The number of ether oxygens (including phenoxy) is 2. The highest BCUT2D eigenvalue weighted by Crippen LogP contribution is 2.36.